The molecular formula is C26H23ClN2O. The topological polar surface area (TPSA) is 47.3 Å². The number of hydrogen-bond acceptors (Lipinski definition) is 3. The van der Waals surface area contributed by atoms with E-state index in [1.54, 1.807) is 0 Å². The summed E-state index contributed by atoms with van der Waals surface area (Å²) in [6, 6.07) is 20.8. The summed E-state index contributed by atoms with van der Waals surface area (Å²) in [5.74, 6) is 0.349. The molecule has 1 aliphatic carbocycles. The zero-order chi connectivity index (χ0) is 20.8. The second kappa shape index (κ2) is 7.47. The van der Waals surface area contributed by atoms with Gasteiger partial charge in [0.15, 0.2) is 0 Å². The van der Waals surface area contributed by atoms with Gasteiger partial charge in [0, 0.05) is 18.5 Å². The van der Waals surface area contributed by atoms with Crippen LogP contribution in [0.3, 0.4) is 0 Å². The number of halogens is 1. The molecule has 0 aromatic heterocycles. The van der Waals surface area contributed by atoms with Crippen LogP contribution >= 0.6 is 11.6 Å². The minimum Gasteiger partial charge on any atom is -0.506 e. The highest BCUT2D eigenvalue weighted by Gasteiger charge is 2.37. The molecule has 2 aliphatic rings. The lowest BCUT2D eigenvalue weighted by Crippen LogP contribution is -2.39. The van der Waals surface area contributed by atoms with Crippen LogP contribution in [0.4, 0.5) is 0 Å². The van der Waals surface area contributed by atoms with Crippen molar-refractivity contribution >= 4 is 11.6 Å². The van der Waals surface area contributed by atoms with Gasteiger partial charge in [-0.05, 0) is 84.0 Å². The SMILES string of the molecule is CN1CCc2cc(Cl)c(O)cc2[C@H]2c3cccc(-c4cccc(C#N)c4)c3CC[C@@H]21. The van der Waals surface area contributed by atoms with Crippen LogP contribution in [-0.2, 0) is 12.8 Å². The quantitative estimate of drug-likeness (QED) is 0.570. The van der Waals surface area contributed by atoms with Gasteiger partial charge in [-0.1, -0.05) is 41.9 Å². The van der Waals surface area contributed by atoms with E-state index in [1.807, 2.05) is 30.3 Å². The molecule has 3 nitrogen and oxygen atoms in total. The summed E-state index contributed by atoms with van der Waals surface area (Å²) in [7, 11) is 2.20. The van der Waals surface area contributed by atoms with E-state index in [0.29, 0.717) is 16.6 Å². The smallest absolute Gasteiger partial charge is 0.134 e. The van der Waals surface area contributed by atoms with Gasteiger partial charge in [0.05, 0.1) is 16.7 Å². The van der Waals surface area contributed by atoms with E-state index in [-0.39, 0.29) is 11.7 Å². The summed E-state index contributed by atoms with van der Waals surface area (Å²) in [5, 5.41) is 20.1. The first kappa shape index (κ1) is 19.2. The van der Waals surface area contributed by atoms with Crippen molar-refractivity contribution in [2.75, 3.05) is 13.6 Å². The molecule has 150 valence electrons. The lowest BCUT2D eigenvalue weighted by Gasteiger charge is -2.39. The molecule has 0 amide bonds. The van der Waals surface area contributed by atoms with Gasteiger partial charge in [-0.2, -0.15) is 5.26 Å². The number of phenols is 1. The van der Waals surface area contributed by atoms with Crippen LogP contribution in [-0.4, -0.2) is 29.6 Å². The van der Waals surface area contributed by atoms with Crippen molar-refractivity contribution in [3.05, 3.63) is 87.4 Å². The zero-order valence-corrected chi connectivity index (χ0v) is 17.7. The van der Waals surface area contributed by atoms with Crippen molar-refractivity contribution in [3.8, 4) is 22.9 Å². The third kappa shape index (κ3) is 3.08. The Labute approximate surface area is 182 Å². The molecule has 3 aromatic rings. The molecule has 0 unspecified atom stereocenters. The Morgan fingerprint density at radius 2 is 1.90 bits per heavy atom. The summed E-state index contributed by atoms with van der Waals surface area (Å²) in [6.07, 6.45) is 2.99. The van der Waals surface area contributed by atoms with Crippen molar-refractivity contribution in [2.24, 2.45) is 0 Å². The van der Waals surface area contributed by atoms with Gasteiger partial charge in [-0.15, -0.1) is 0 Å². The van der Waals surface area contributed by atoms with Crippen LogP contribution in [0.15, 0.2) is 54.6 Å². The maximum absolute atomic E-state index is 10.4. The van der Waals surface area contributed by atoms with E-state index < -0.39 is 0 Å². The number of likely N-dealkylation sites (N-methyl/N-ethyl adjacent to an activating group) is 1. The van der Waals surface area contributed by atoms with Gasteiger partial charge in [0.2, 0.25) is 0 Å². The maximum Gasteiger partial charge on any atom is 0.134 e. The second-order valence-electron chi connectivity index (χ2n) is 8.38. The van der Waals surface area contributed by atoms with Gasteiger partial charge < -0.3 is 10.0 Å². The van der Waals surface area contributed by atoms with E-state index >= 15 is 0 Å². The molecule has 0 fully saturated rings. The van der Waals surface area contributed by atoms with E-state index in [1.165, 1.54) is 27.8 Å². The van der Waals surface area contributed by atoms with Crippen LogP contribution in [0, 0.1) is 11.3 Å². The molecular weight excluding hydrogens is 392 g/mol. The van der Waals surface area contributed by atoms with E-state index in [9.17, 15) is 10.4 Å². The fourth-order valence-corrected chi connectivity index (χ4v) is 5.49. The number of benzene rings is 3. The number of nitriles is 1. The molecule has 1 heterocycles. The van der Waals surface area contributed by atoms with Crippen LogP contribution in [0.2, 0.25) is 5.02 Å². The average molecular weight is 415 g/mol. The highest BCUT2D eigenvalue weighted by Crippen LogP contribution is 2.46. The van der Waals surface area contributed by atoms with Gasteiger partial charge in [-0.25, -0.2) is 0 Å². The molecule has 2 atom stereocenters. The molecule has 0 saturated heterocycles. The monoisotopic (exact) mass is 414 g/mol. The summed E-state index contributed by atoms with van der Waals surface area (Å²) in [6.45, 7) is 0.981. The highest BCUT2D eigenvalue weighted by molar-refractivity contribution is 6.32. The van der Waals surface area contributed by atoms with Crippen molar-refractivity contribution in [3.63, 3.8) is 0 Å². The molecule has 1 aliphatic heterocycles. The first-order valence-corrected chi connectivity index (χ1v) is 10.8. The van der Waals surface area contributed by atoms with Crippen molar-refractivity contribution in [2.45, 2.75) is 31.2 Å². The van der Waals surface area contributed by atoms with Gasteiger partial charge >= 0.3 is 0 Å². The van der Waals surface area contributed by atoms with Crippen molar-refractivity contribution < 1.29 is 5.11 Å². The minimum absolute atomic E-state index is 0.156. The first-order chi connectivity index (χ1) is 14.6. The number of aromatic hydroxyl groups is 1. The predicted octanol–water partition coefficient (Wildman–Crippen LogP) is 5.52. The molecule has 4 heteroatoms. The number of hydrogen-bond donors (Lipinski definition) is 1. The molecule has 0 radical (unpaired) electrons. The molecule has 5 rings (SSSR count). The lowest BCUT2D eigenvalue weighted by molar-refractivity contribution is 0.214. The van der Waals surface area contributed by atoms with Gasteiger partial charge in [-0.3, -0.25) is 0 Å². The summed E-state index contributed by atoms with van der Waals surface area (Å²) in [5.41, 5.74) is 8.06. The number of rotatable bonds is 1. The third-order valence-corrected chi connectivity index (χ3v) is 7.07. The summed E-state index contributed by atoms with van der Waals surface area (Å²) in [4.78, 5) is 2.46. The van der Waals surface area contributed by atoms with Gasteiger partial charge in [0.1, 0.15) is 5.75 Å². The molecule has 30 heavy (non-hydrogen) atoms. The Kier molecular flexibility index (Phi) is 4.77. The summed E-state index contributed by atoms with van der Waals surface area (Å²) >= 11 is 6.25. The Morgan fingerprint density at radius 3 is 2.73 bits per heavy atom. The standard InChI is InChI=1S/C26H23ClN2O/c1-29-11-10-18-13-23(27)25(30)14-22(18)26-21-7-3-6-19(20(21)8-9-24(26)29)17-5-2-4-16(12-17)15-28/h2-7,12-14,24,26,30H,8-11H2,1H3/t24-,26+/m0/s1. The lowest BCUT2D eigenvalue weighted by atomic mass is 9.72. The Morgan fingerprint density at radius 1 is 1.07 bits per heavy atom. The predicted molar refractivity (Wildman–Crippen MR) is 120 cm³/mol. The maximum atomic E-state index is 10.4. The second-order valence-corrected chi connectivity index (χ2v) is 8.79. The largest absolute Gasteiger partial charge is 0.506 e. The normalized spacial score (nSPS) is 20.4. The van der Waals surface area contributed by atoms with Crippen LogP contribution in [0.25, 0.3) is 11.1 Å². The Balaban J connectivity index is 1.71. The first-order valence-electron chi connectivity index (χ1n) is 10.4. The number of phenolic OH excluding ortho intramolecular Hbond substituents is 1. The highest BCUT2D eigenvalue weighted by atomic mass is 35.5. The molecule has 3 aromatic carbocycles. The van der Waals surface area contributed by atoms with Crippen molar-refractivity contribution in [1.82, 2.24) is 4.90 Å². The van der Waals surface area contributed by atoms with E-state index in [4.69, 9.17) is 11.6 Å². The molecule has 1 N–H and O–H groups in total. The average Bonchev–Trinajstić information content (AvgIpc) is 2.91. The Bertz CT molecular complexity index is 1180. The van der Waals surface area contributed by atoms with Crippen LogP contribution < -0.4 is 0 Å². The molecule has 0 saturated carbocycles. The number of nitrogens with zero attached hydrogens (tertiary/aromatic N) is 2. The van der Waals surface area contributed by atoms with Crippen LogP contribution in [0.1, 0.15) is 40.2 Å². The van der Waals surface area contributed by atoms with E-state index in [0.717, 1.165) is 31.4 Å². The van der Waals surface area contributed by atoms with E-state index in [2.05, 4.69) is 42.3 Å². The zero-order valence-electron chi connectivity index (χ0n) is 16.9. The van der Waals surface area contributed by atoms with Crippen LogP contribution in [0.5, 0.6) is 5.75 Å². The fourth-order valence-electron chi connectivity index (χ4n) is 5.31. The fraction of sp³-hybridized carbons (Fsp3) is 0.269. The summed E-state index contributed by atoms with van der Waals surface area (Å²) < 4.78 is 0. The minimum atomic E-state index is 0.156. The third-order valence-electron chi connectivity index (χ3n) is 6.77. The Hall–Kier alpha value is -2.80. The van der Waals surface area contributed by atoms with Crippen molar-refractivity contribution in [1.29, 1.82) is 5.26 Å². The molecule has 0 bridgehead atoms. The molecule has 0 spiro atoms. The number of fused-ring (bicyclic) bond motifs is 5. The van der Waals surface area contributed by atoms with Gasteiger partial charge in [0.25, 0.3) is 0 Å².